The van der Waals surface area contributed by atoms with E-state index in [0.717, 1.165) is 29.2 Å². The van der Waals surface area contributed by atoms with E-state index in [1.165, 1.54) is 31.4 Å². The summed E-state index contributed by atoms with van der Waals surface area (Å²) >= 11 is 3.60. The molecule has 0 aliphatic heterocycles. The van der Waals surface area contributed by atoms with E-state index in [0.29, 0.717) is 0 Å². The van der Waals surface area contributed by atoms with Crippen molar-refractivity contribution in [3.8, 4) is 0 Å². The number of anilines is 1. The lowest BCUT2D eigenvalue weighted by Crippen LogP contribution is -2.32. The van der Waals surface area contributed by atoms with Crippen LogP contribution in [0.1, 0.15) is 31.7 Å². The van der Waals surface area contributed by atoms with Crippen molar-refractivity contribution in [2.75, 3.05) is 18.8 Å². The molecule has 0 radical (unpaired) electrons. The minimum atomic E-state index is 0.895. The van der Waals surface area contributed by atoms with Crippen LogP contribution in [0.15, 0.2) is 22.7 Å². The lowest BCUT2D eigenvalue weighted by molar-refractivity contribution is 0.178. The Labute approximate surface area is 112 Å². The van der Waals surface area contributed by atoms with Crippen molar-refractivity contribution in [3.05, 3.63) is 28.2 Å². The smallest absolute Gasteiger partial charge is 0.0371 e. The van der Waals surface area contributed by atoms with Gasteiger partial charge in [0.05, 0.1) is 0 Å². The summed E-state index contributed by atoms with van der Waals surface area (Å²) in [5.41, 5.74) is 8.17. The standard InChI is InChI=1S/C14H21BrN2/c1-2-17(9-11-5-3-6-11)10-12-13(15)7-4-8-14(12)16/h4,7-8,11H,2-3,5-6,9-10,16H2,1H3. The Hall–Kier alpha value is -0.540. The summed E-state index contributed by atoms with van der Waals surface area (Å²) in [5.74, 6) is 0.915. The van der Waals surface area contributed by atoms with Crippen LogP contribution in [0.3, 0.4) is 0 Å². The normalized spacial score (nSPS) is 16.2. The third-order valence-electron chi connectivity index (χ3n) is 3.73. The zero-order valence-corrected chi connectivity index (χ0v) is 12.0. The molecule has 0 atom stereocenters. The first-order chi connectivity index (χ1) is 8.20. The zero-order chi connectivity index (χ0) is 12.3. The highest BCUT2D eigenvalue weighted by atomic mass is 79.9. The molecular weight excluding hydrogens is 276 g/mol. The molecule has 1 saturated carbocycles. The second kappa shape index (κ2) is 5.87. The number of hydrogen-bond donors (Lipinski definition) is 1. The van der Waals surface area contributed by atoms with Gasteiger partial charge in [0.15, 0.2) is 0 Å². The Balaban J connectivity index is 2.01. The van der Waals surface area contributed by atoms with Crippen molar-refractivity contribution in [1.29, 1.82) is 0 Å². The minimum absolute atomic E-state index is 0.895. The largest absolute Gasteiger partial charge is 0.398 e. The van der Waals surface area contributed by atoms with Gasteiger partial charge in [0.2, 0.25) is 0 Å². The van der Waals surface area contributed by atoms with E-state index >= 15 is 0 Å². The van der Waals surface area contributed by atoms with Crippen LogP contribution in [0.5, 0.6) is 0 Å². The highest BCUT2D eigenvalue weighted by Crippen LogP contribution is 2.29. The summed E-state index contributed by atoms with van der Waals surface area (Å²) in [6.45, 7) is 5.50. The van der Waals surface area contributed by atoms with Crippen molar-refractivity contribution >= 4 is 21.6 Å². The molecule has 17 heavy (non-hydrogen) atoms. The molecule has 3 heteroatoms. The topological polar surface area (TPSA) is 29.3 Å². The van der Waals surface area contributed by atoms with Crippen molar-refractivity contribution in [3.63, 3.8) is 0 Å². The molecule has 1 aliphatic carbocycles. The molecule has 0 aromatic heterocycles. The first-order valence-electron chi connectivity index (χ1n) is 6.46. The Morgan fingerprint density at radius 3 is 2.71 bits per heavy atom. The number of rotatable bonds is 5. The van der Waals surface area contributed by atoms with E-state index < -0.39 is 0 Å². The number of hydrogen-bond acceptors (Lipinski definition) is 2. The molecule has 0 spiro atoms. The van der Waals surface area contributed by atoms with Gasteiger partial charge in [-0.15, -0.1) is 0 Å². The fourth-order valence-electron chi connectivity index (χ4n) is 2.31. The van der Waals surface area contributed by atoms with Crippen LogP contribution in [0.4, 0.5) is 5.69 Å². The molecular formula is C14H21BrN2. The maximum absolute atomic E-state index is 6.05. The highest BCUT2D eigenvalue weighted by molar-refractivity contribution is 9.10. The third kappa shape index (κ3) is 3.23. The molecule has 0 saturated heterocycles. The van der Waals surface area contributed by atoms with Gasteiger partial charge in [0, 0.05) is 28.8 Å². The van der Waals surface area contributed by atoms with E-state index in [2.05, 4.69) is 33.8 Å². The molecule has 1 aliphatic rings. The molecule has 1 aromatic carbocycles. The van der Waals surface area contributed by atoms with Crippen LogP contribution in [0, 0.1) is 5.92 Å². The predicted octanol–water partition coefficient (Wildman–Crippen LogP) is 3.65. The maximum Gasteiger partial charge on any atom is 0.0371 e. The fourth-order valence-corrected chi connectivity index (χ4v) is 2.82. The summed E-state index contributed by atoms with van der Waals surface area (Å²) < 4.78 is 1.13. The van der Waals surface area contributed by atoms with Gasteiger partial charge >= 0.3 is 0 Å². The van der Waals surface area contributed by atoms with E-state index in [1.807, 2.05) is 12.1 Å². The van der Waals surface area contributed by atoms with Crippen LogP contribution >= 0.6 is 15.9 Å². The zero-order valence-electron chi connectivity index (χ0n) is 10.5. The average molecular weight is 297 g/mol. The molecule has 2 nitrogen and oxygen atoms in total. The number of halogens is 1. The summed E-state index contributed by atoms with van der Waals surface area (Å²) in [4.78, 5) is 2.50. The Bertz CT molecular complexity index is 354. The Kier molecular flexibility index (Phi) is 4.46. The van der Waals surface area contributed by atoms with Crippen LogP contribution < -0.4 is 5.73 Å². The van der Waals surface area contributed by atoms with E-state index in [1.54, 1.807) is 0 Å². The molecule has 0 bridgehead atoms. The SMILES string of the molecule is CCN(Cc1c(N)cccc1Br)CC1CCC1. The van der Waals surface area contributed by atoms with Crippen molar-refractivity contribution in [2.24, 2.45) is 5.92 Å². The summed E-state index contributed by atoms with van der Waals surface area (Å²) in [6, 6.07) is 6.05. The summed E-state index contributed by atoms with van der Waals surface area (Å²) in [5, 5.41) is 0. The first kappa shape index (κ1) is 12.9. The van der Waals surface area contributed by atoms with Gasteiger partial charge in [-0.1, -0.05) is 35.3 Å². The number of nitrogens with zero attached hydrogens (tertiary/aromatic N) is 1. The van der Waals surface area contributed by atoms with Crippen LogP contribution in [0.2, 0.25) is 0 Å². The second-order valence-electron chi connectivity index (χ2n) is 4.93. The van der Waals surface area contributed by atoms with Gasteiger partial charge in [-0.05, 0) is 37.4 Å². The number of nitrogen functional groups attached to an aromatic ring is 1. The Morgan fingerprint density at radius 1 is 1.41 bits per heavy atom. The first-order valence-corrected chi connectivity index (χ1v) is 7.25. The van der Waals surface area contributed by atoms with Gasteiger partial charge < -0.3 is 5.73 Å². The van der Waals surface area contributed by atoms with Gasteiger partial charge in [0.25, 0.3) is 0 Å². The van der Waals surface area contributed by atoms with E-state index in [9.17, 15) is 0 Å². The minimum Gasteiger partial charge on any atom is -0.398 e. The lowest BCUT2D eigenvalue weighted by Gasteiger charge is -2.32. The number of benzene rings is 1. The highest BCUT2D eigenvalue weighted by Gasteiger charge is 2.20. The molecule has 0 unspecified atom stereocenters. The van der Waals surface area contributed by atoms with Crippen LogP contribution in [-0.4, -0.2) is 18.0 Å². The fraction of sp³-hybridized carbons (Fsp3) is 0.571. The molecule has 0 amide bonds. The second-order valence-corrected chi connectivity index (χ2v) is 5.79. The van der Waals surface area contributed by atoms with Crippen molar-refractivity contribution in [1.82, 2.24) is 4.90 Å². The molecule has 0 heterocycles. The van der Waals surface area contributed by atoms with Crippen LogP contribution in [0.25, 0.3) is 0 Å². The maximum atomic E-state index is 6.05. The number of nitrogens with two attached hydrogens (primary N) is 1. The summed E-state index contributed by atoms with van der Waals surface area (Å²) in [6.07, 6.45) is 4.23. The van der Waals surface area contributed by atoms with Gasteiger partial charge in [0.1, 0.15) is 0 Å². The van der Waals surface area contributed by atoms with E-state index in [4.69, 9.17) is 5.73 Å². The van der Waals surface area contributed by atoms with Crippen molar-refractivity contribution in [2.45, 2.75) is 32.7 Å². The third-order valence-corrected chi connectivity index (χ3v) is 4.47. The molecule has 2 rings (SSSR count). The van der Waals surface area contributed by atoms with Gasteiger partial charge in [-0.2, -0.15) is 0 Å². The van der Waals surface area contributed by atoms with Gasteiger partial charge in [-0.25, -0.2) is 0 Å². The summed E-state index contributed by atoms with van der Waals surface area (Å²) in [7, 11) is 0. The van der Waals surface area contributed by atoms with Gasteiger partial charge in [-0.3, -0.25) is 4.90 Å². The molecule has 94 valence electrons. The lowest BCUT2D eigenvalue weighted by atomic mass is 9.85. The molecule has 1 aromatic rings. The molecule has 1 fully saturated rings. The average Bonchev–Trinajstić information content (AvgIpc) is 2.25. The van der Waals surface area contributed by atoms with E-state index in [-0.39, 0.29) is 0 Å². The van der Waals surface area contributed by atoms with Crippen LogP contribution in [-0.2, 0) is 6.54 Å². The predicted molar refractivity (Wildman–Crippen MR) is 76.8 cm³/mol. The van der Waals surface area contributed by atoms with Crippen molar-refractivity contribution < 1.29 is 0 Å². The Morgan fingerprint density at radius 2 is 2.18 bits per heavy atom. The monoisotopic (exact) mass is 296 g/mol. The molecule has 2 N–H and O–H groups in total. The quantitative estimate of drug-likeness (QED) is 0.841.